The van der Waals surface area contributed by atoms with Crippen LogP contribution in [-0.2, 0) is 7.05 Å². The Bertz CT molecular complexity index is 1630. The van der Waals surface area contributed by atoms with Gasteiger partial charge in [0.1, 0.15) is 23.1 Å². The lowest BCUT2D eigenvalue weighted by molar-refractivity contribution is 0.130. The van der Waals surface area contributed by atoms with Crippen molar-refractivity contribution in [2.24, 2.45) is 7.05 Å². The molecule has 1 aliphatic heterocycles. The highest BCUT2D eigenvalue weighted by molar-refractivity contribution is 5.89. The number of hydrogen-bond acceptors (Lipinski definition) is 6. The van der Waals surface area contributed by atoms with Gasteiger partial charge in [-0.3, -0.25) is 9.69 Å². The summed E-state index contributed by atoms with van der Waals surface area (Å²) >= 11 is 0. The molecule has 0 amide bonds. The second-order valence-electron chi connectivity index (χ2n) is 9.84. The van der Waals surface area contributed by atoms with E-state index < -0.39 is 0 Å². The molecule has 0 N–H and O–H groups in total. The highest BCUT2D eigenvalue weighted by atomic mass is 19.1. The molecule has 2 aromatic carbocycles. The van der Waals surface area contributed by atoms with Gasteiger partial charge in [0.2, 0.25) is 0 Å². The summed E-state index contributed by atoms with van der Waals surface area (Å²) in [6.07, 6.45) is 0. The zero-order chi connectivity index (χ0) is 27.0. The van der Waals surface area contributed by atoms with Crippen LogP contribution in [0.2, 0.25) is 0 Å². The van der Waals surface area contributed by atoms with Crippen LogP contribution in [0.1, 0.15) is 42.3 Å². The van der Waals surface area contributed by atoms with Crippen molar-refractivity contribution in [1.82, 2.24) is 14.5 Å². The van der Waals surface area contributed by atoms with E-state index in [2.05, 4.69) is 40.8 Å². The number of anilines is 1. The summed E-state index contributed by atoms with van der Waals surface area (Å²) in [6, 6.07) is 23.3. The van der Waals surface area contributed by atoms with Gasteiger partial charge in [-0.05, 0) is 61.4 Å². The first-order valence-corrected chi connectivity index (χ1v) is 12.5. The molecule has 1 fully saturated rings. The molecule has 1 saturated heterocycles. The summed E-state index contributed by atoms with van der Waals surface area (Å²) in [7, 11) is 1.71. The van der Waals surface area contributed by atoms with Crippen LogP contribution < -0.4 is 10.5 Å². The predicted octanol–water partition coefficient (Wildman–Crippen LogP) is 4.50. The van der Waals surface area contributed by atoms with Crippen LogP contribution in [0.5, 0.6) is 0 Å². The molecule has 0 spiro atoms. The van der Waals surface area contributed by atoms with E-state index in [1.54, 1.807) is 41.9 Å². The van der Waals surface area contributed by atoms with Gasteiger partial charge >= 0.3 is 0 Å². The van der Waals surface area contributed by atoms with Gasteiger partial charge < -0.3 is 9.47 Å². The Morgan fingerprint density at radius 2 is 1.58 bits per heavy atom. The van der Waals surface area contributed by atoms with Crippen LogP contribution in [-0.4, -0.2) is 39.6 Å². The molecule has 0 radical (unpaired) electrons. The number of piperazine rings is 1. The fourth-order valence-electron chi connectivity index (χ4n) is 5.40. The lowest BCUT2D eigenvalue weighted by Crippen LogP contribution is -2.57. The summed E-state index contributed by atoms with van der Waals surface area (Å²) in [5.74, 6) is -0.291. The number of aryl methyl sites for hydroxylation is 1. The van der Waals surface area contributed by atoms with E-state index in [0.29, 0.717) is 35.4 Å². The third kappa shape index (κ3) is 4.51. The smallest absolute Gasteiger partial charge is 0.252 e. The Morgan fingerprint density at radius 1 is 0.921 bits per heavy atom. The molecule has 7 nitrogen and oxygen atoms in total. The van der Waals surface area contributed by atoms with E-state index >= 15 is 0 Å². The van der Waals surface area contributed by atoms with Gasteiger partial charge in [-0.2, -0.15) is 10.5 Å². The molecule has 0 saturated carbocycles. The van der Waals surface area contributed by atoms with Crippen molar-refractivity contribution >= 4 is 16.7 Å². The zero-order valence-electron chi connectivity index (χ0n) is 21.5. The molecule has 0 aliphatic carbocycles. The third-order valence-electron chi connectivity index (χ3n) is 7.40. The van der Waals surface area contributed by atoms with Crippen molar-refractivity contribution in [3.63, 3.8) is 0 Å². The number of hydrogen-bond donors (Lipinski definition) is 0. The average molecular weight is 507 g/mol. The molecular formula is C30H27FN6O. The van der Waals surface area contributed by atoms with Gasteiger partial charge in [-0.1, -0.05) is 24.3 Å². The molecular weight excluding hydrogens is 479 g/mol. The highest BCUT2D eigenvalue weighted by Gasteiger charge is 2.36. The maximum Gasteiger partial charge on any atom is 0.252 e. The lowest BCUT2D eigenvalue weighted by atomic mass is 9.93. The fraction of sp³-hybridized carbons (Fsp3) is 0.267. The van der Waals surface area contributed by atoms with Crippen molar-refractivity contribution in [2.75, 3.05) is 18.0 Å². The number of halogens is 1. The minimum atomic E-state index is -0.291. The average Bonchev–Trinajstić information content (AvgIpc) is 2.93. The number of benzene rings is 2. The van der Waals surface area contributed by atoms with E-state index in [0.717, 1.165) is 16.8 Å². The van der Waals surface area contributed by atoms with Gasteiger partial charge in [0.05, 0.1) is 28.9 Å². The van der Waals surface area contributed by atoms with Gasteiger partial charge in [0.25, 0.3) is 5.56 Å². The molecule has 190 valence electrons. The summed E-state index contributed by atoms with van der Waals surface area (Å²) in [6.45, 7) is 5.53. The number of nitriles is 2. The van der Waals surface area contributed by atoms with Gasteiger partial charge in [0, 0.05) is 38.3 Å². The van der Waals surface area contributed by atoms with Crippen molar-refractivity contribution in [3.05, 3.63) is 105 Å². The highest BCUT2D eigenvalue weighted by Crippen LogP contribution is 2.36. The number of aromatic nitrogens is 2. The minimum Gasteiger partial charge on any atom is -0.364 e. The normalized spacial score (nSPS) is 18.6. The van der Waals surface area contributed by atoms with Gasteiger partial charge in [0.15, 0.2) is 0 Å². The largest absolute Gasteiger partial charge is 0.364 e. The maximum absolute atomic E-state index is 13.8. The second-order valence-corrected chi connectivity index (χ2v) is 9.84. The molecule has 2 unspecified atom stereocenters. The van der Waals surface area contributed by atoms with E-state index in [4.69, 9.17) is 0 Å². The third-order valence-corrected chi connectivity index (χ3v) is 7.40. The fourth-order valence-corrected chi connectivity index (χ4v) is 5.40. The van der Waals surface area contributed by atoms with E-state index in [9.17, 15) is 19.7 Å². The van der Waals surface area contributed by atoms with Crippen LogP contribution in [0.25, 0.3) is 11.0 Å². The maximum atomic E-state index is 13.8. The molecule has 0 bridgehead atoms. The SMILES string of the molecule is CC1CN(c2cc(=O)n(C)c3ccc(C#N)nc23)[C@@H](C)CN1C(c1ccc(F)cc1)c1ccc(C#N)cc1. The monoisotopic (exact) mass is 506 g/mol. The molecule has 3 heterocycles. The van der Waals surface area contributed by atoms with Crippen LogP contribution in [0.4, 0.5) is 10.1 Å². The Balaban J connectivity index is 1.55. The van der Waals surface area contributed by atoms with Crippen LogP contribution in [0.3, 0.4) is 0 Å². The number of fused-ring (bicyclic) bond motifs is 1. The summed E-state index contributed by atoms with van der Waals surface area (Å²) in [4.78, 5) is 22.0. The van der Waals surface area contributed by atoms with Crippen molar-refractivity contribution in [3.8, 4) is 12.1 Å². The first kappa shape index (κ1) is 25.1. The Morgan fingerprint density at radius 3 is 2.21 bits per heavy atom. The molecule has 5 rings (SSSR count). The summed E-state index contributed by atoms with van der Waals surface area (Å²) in [5, 5.41) is 18.7. The predicted molar refractivity (Wildman–Crippen MR) is 144 cm³/mol. The van der Waals surface area contributed by atoms with Crippen molar-refractivity contribution in [2.45, 2.75) is 32.0 Å². The summed E-state index contributed by atoms with van der Waals surface area (Å²) in [5.41, 5.74) is 4.74. The Labute approximate surface area is 220 Å². The number of pyridine rings is 2. The van der Waals surface area contributed by atoms with Crippen LogP contribution >= 0.6 is 0 Å². The molecule has 3 atom stereocenters. The molecule has 4 aromatic rings. The molecule has 8 heteroatoms. The van der Waals surface area contributed by atoms with Crippen LogP contribution in [0, 0.1) is 28.5 Å². The van der Waals surface area contributed by atoms with E-state index in [1.807, 2.05) is 24.3 Å². The molecule has 1 aliphatic rings. The van der Waals surface area contributed by atoms with Crippen LogP contribution in [0.15, 0.2) is 71.5 Å². The Kier molecular flexibility index (Phi) is 6.67. The quantitative estimate of drug-likeness (QED) is 0.405. The number of nitrogens with zero attached hydrogens (tertiary/aromatic N) is 6. The standard InChI is InChI=1S/C30H27FN6O/c1-19-18-37(30(23-8-10-24(31)11-9-23)22-6-4-21(15-32)5-7-22)20(2)17-36(19)27-14-28(38)35(3)26-13-12-25(16-33)34-29(26)27/h4-14,19-20,30H,17-18H2,1-3H3/t19-,20?,30?/m0/s1. The zero-order valence-corrected chi connectivity index (χ0v) is 21.5. The molecule has 2 aromatic heterocycles. The van der Waals surface area contributed by atoms with E-state index in [1.165, 1.54) is 12.1 Å². The minimum absolute atomic E-state index is 0.00961. The second kappa shape index (κ2) is 10.1. The van der Waals surface area contributed by atoms with Gasteiger partial charge in [-0.25, -0.2) is 9.37 Å². The van der Waals surface area contributed by atoms with Crippen molar-refractivity contribution < 1.29 is 4.39 Å². The first-order valence-electron chi connectivity index (χ1n) is 12.5. The topological polar surface area (TPSA) is 88.9 Å². The Hall–Kier alpha value is -4.53. The summed E-state index contributed by atoms with van der Waals surface area (Å²) < 4.78 is 15.4. The van der Waals surface area contributed by atoms with Gasteiger partial charge in [-0.15, -0.1) is 0 Å². The molecule has 38 heavy (non-hydrogen) atoms. The lowest BCUT2D eigenvalue weighted by Gasteiger charge is -2.48. The first-order chi connectivity index (χ1) is 18.3. The van der Waals surface area contributed by atoms with E-state index in [-0.39, 0.29) is 29.5 Å². The number of rotatable bonds is 4. The van der Waals surface area contributed by atoms with Crippen molar-refractivity contribution in [1.29, 1.82) is 10.5 Å².